The number of hydrogen-bond acceptors (Lipinski definition) is 3. The highest BCUT2D eigenvalue weighted by atomic mass is 16.5. The summed E-state index contributed by atoms with van der Waals surface area (Å²) in [5, 5.41) is 10.6. The molecule has 0 aromatic heterocycles. The van der Waals surface area contributed by atoms with Crippen LogP contribution in [0.2, 0.25) is 0 Å². The van der Waals surface area contributed by atoms with Crippen molar-refractivity contribution in [2.75, 3.05) is 20.2 Å². The summed E-state index contributed by atoms with van der Waals surface area (Å²) in [7, 11) is 1.70. The molecule has 1 amide bonds. The summed E-state index contributed by atoms with van der Waals surface area (Å²) >= 11 is 0. The second-order valence-electron chi connectivity index (χ2n) is 7.79. The third kappa shape index (κ3) is 5.50. The van der Waals surface area contributed by atoms with Gasteiger partial charge in [0.1, 0.15) is 5.75 Å². The summed E-state index contributed by atoms with van der Waals surface area (Å²) in [6.45, 7) is 5.24. The zero-order chi connectivity index (χ0) is 21.5. The molecule has 1 heterocycles. The quantitative estimate of drug-likeness (QED) is 0.571. The number of aliphatic hydroxyl groups excluding tert-OH is 1. The van der Waals surface area contributed by atoms with Crippen LogP contribution in [0.3, 0.4) is 0 Å². The average Bonchev–Trinajstić information content (AvgIpc) is 2.77. The number of allylic oxidation sites excluding steroid dienone is 1. The van der Waals surface area contributed by atoms with Crippen molar-refractivity contribution in [3.63, 3.8) is 0 Å². The molecule has 5 heteroatoms. The molecule has 2 aromatic rings. The van der Waals surface area contributed by atoms with Gasteiger partial charge in [-0.25, -0.2) is 4.79 Å². The van der Waals surface area contributed by atoms with Crippen molar-refractivity contribution in [1.29, 1.82) is 0 Å². The smallest absolute Gasteiger partial charge is 0.385 e. The molecule has 30 heavy (non-hydrogen) atoms. The van der Waals surface area contributed by atoms with E-state index in [9.17, 15) is 9.90 Å². The summed E-state index contributed by atoms with van der Waals surface area (Å²) in [4.78, 5) is 16.4. The van der Waals surface area contributed by atoms with Gasteiger partial charge in [-0.2, -0.15) is 0 Å². The normalized spacial score (nSPS) is 16.2. The third-order valence-electron chi connectivity index (χ3n) is 5.78. The number of rotatable bonds is 6. The van der Waals surface area contributed by atoms with E-state index >= 15 is 0 Å². The van der Waals surface area contributed by atoms with Gasteiger partial charge in [-0.05, 0) is 48.9 Å². The Bertz CT molecular complexity index is 926. The van der Waals surface area contributed by atoms with Gasteiger partial charge in [-0.1, -0.05) is 42.5 Å². The summed E-state index contributed by atoms with van der Waals surface area (Å²) in [5.74, 6) is 1.06. The predicted octanol–water partition coefficient (Wildman–Crippen LogP) is 2.97. The molecular formula is C25H31N2O3+. The highest BCUT2D eigenvalue weighted by Crippen LogP contribution is 2.32. The van der Waals surface area contributed by atoms with Crippen LogP contribution in [0.5, 0.6) is 5.75 Å². The molecule has 0 radical (unpaired) electrons. The van der Waals surface area contributed by atoms with Gasteiger partial charge in [0.25, 0.3) is 0 Å². The second kappa shape index (κ2) is 10.1. The molecule has 0 atom stereocenters. The number of amides is 1. The fourth-order valence-corrected chi connectivity index (χ4v) is 4.06. The topological polar surface area (TPSA) is 63.7 Å². The highest BCUT2D eigenvalue weighted by Gasteiger charge is 2.25. The van der Waals surface area contributed by atoms with Crippen molar-refractivity contribution in [2.24, 2.45) is 0 Å². The lowest BCUT2D eigenvalue weighted by Gasteiger charge is -2.35. The lowest BCUT2D eigenvalue weighted by atomic mass is 9.89. The molecule has 158 valence electrons. The van der Waals surface area contributed by atoms with Gasteiger partial charge in [-0.3, -0.25) is 0 Å². The SMILES string of the molecule is COc1cccc(C2CCN(/C(C)=C(\Cc3ccccc3)C(O)=[NH+]C(C)=O)CC2)c1. The number of benzene rings is 2. The molecule has 0 bridgehead atoms. The Morgan fingerprint density at radius 2 is 1.80 bits per heavy atom. The van der Waals surface area contributed by atoms with Crippen molar-refractivity contribution in [2.45, 2.75) is 39.0 Å². The Morgan fingerprint density at radius 1 is 1.10 bits per heavy atom. The van der Waals surface area contributed by atoms with Crippen molar-refractivity contribution >= 4 is 11.8 Å². The van der Waals surface area contributed by atoms with Crippen LogP contribution in [-0.4, -0.2) is 42.0 Å². The molecule has 0 saturated carbocycles. The van der Waals surface area contributed by atoms with E-state index < -0.39 is 0 Å². The molecule has 1 aliphatic heterocycles. The molecule has 3 rings (SSSR count). The number of ether oxygens (including phenoxy) is 1. The first-order valence-electron chi connectivity index (χ1n) is 10.4. The molecule has 0 spiro atoms. The molecular weight excluding hydrogens is 376 g/mol. The van der Waals surface area contributed by atoms with E-state index in [4.69, 9.17) is 4.74 Å². The first kappa shape index (κ1) is 21.6. The number of nitrogens with zero attached hydrogens (tertiary/aromatic N) is 1. The van der Waals surface area contributed by atoms with Gasteiger partial charge >= 0.3 is 11.8 Å². The van der Waals surface area contributed by atoms with Crippen LogP contribution in [0.25, 0.3) is 0 Å². The average molecular weight is 408 g/mol. The minimum atomic E-state index is -0.275. The van der Waals surface area contributed by atoms with E-state index in [1.54, 1.807) is 7.11 Å². The second-order valence-corrected chi connectivity index (χ2v) is 7.79. The van der Waals surface area contributed by atoms with Crippen LogP contribution >= 0.6 is 0 Å². The number of carbonyl (C=O) groups excluding carboxylic acids is 1. The highest BCUT2D eigenvalue weighted by molar-refractivity contribution is 5.90. The van der Waals surface area contributed by atoms with Gasteiger partial charge in [0.15, 0.2) is 0 Å². The van der Waals surface area contributed by atoms with Gasteiger partial charge in [0.05, 0.1) is 19.6 Å². The number of carbonyl (C=O) groups is 1. The van der Waals surface area contributed by atoms with E-state index in [1.165, 1.54) is 12.5 Å². The van der Waals surface area contributed by atoms with E-state index in [0.29, 0.717) is 12.3 Å². The Kier molecular flexibility index (Phi) is 7.28. The standard InChI is InChI=1S/C25H30N2O3/c1-18(24(25(29)26-19(2)28)16-20-8-5-4-6-9-20)27-14-12-21(13-15-27)22-10-7-11-23(17-22)30-3/h4-11,17,21H,12-16H2,1-3H3,(H,26,28,29)/p+1/b24-18+. The summed E-state index contributed by atoms with van der Waals surface area (Å²) in [6, 6.07) is 18.3. The molecule has 1 saturated heterocycles. The number of methoxy groups -OCH3 is 1. The van der Waals surface area contributed by atoms with Crippen molar-refractivity contribution in [1.82, 2.24) is 4.90 Å². The maximum atomic E-state index is 11.5. The van der Waals surface area contributed by atoms with Crippen LogP contribution in [-0.2, 0) is 11.2 Å². The molecule has 0 aliphatic carbocycles. The van der Waals surface area contributed by atoms with Crippen molar-refractivity contribution < 1.29 is 19.6 Å². The minimum Gasteiger partial charge on any atom is -0.497 e. The van der Waals surface area contributed by atoms with Crippen LogP contribution in [0.1, 0.15) is 43.7 Å². The molecule has 1 fully saturated rings. The Hall–Kier alpha value is -3.08. The van der Waals surface area contributed by atoms with Gasteiger partial charge in [0.2, 0.25) is 0 Å². The van der Waals surface area contributed by atoms with Gasteiger partial charge in [0, 0.05) is 25.2 Å². The van der Waals surface area contributed by atoms with E-state index in [-0.39, 0.29) is 11.8 Å². The molecule has 0 unspecified atom stereocenters. The number of likely N-dealkylation sites (tertiary alicyclic amines) is 1. The minimum absolute atomic E-state index is 0.0567. The van der Waals surface area contributed by atoms with E-state index in [1.807, 2.05) is 49.4 Å². The zero-order valence-electron chi connectivity index (χ0n) is 18.0. The Labute approximate surface area is 178 Å². The van der Waals surface area contributed by atoms with Crippen LogP contribution in [0.15, 0.2) is 65.9 Å². The first-order valence-corrected chi connectivity index (χ1v) is 10.4. The van der Waals surface area contributed by atoms with Crippen LogP contribution in [0, 0.1) is 0 Å². The zero-order valence-corrected chi connectivity index (χ0v) is 18.0. The van der Waals surface area contributed by atoms with E-state index in [2.05, 4.69) is 22.0 Å². The van der Waals surface area contributed by atoms with E-state index in [0.717, 1.165) is 48.5 Å². The number of hydrogen-bond donors (Lipinski definition) is 2. The van der Waals surface area contributed by atoms with Gasteiger partial charge < -0.3 is 14.7 Å². The molecule has 5 nitrogen and oxygen atoms in total. The van der Waals surface area contributed by atoms with Crippen LogP contribution in [0.4, 0.5) is 0 Å². The fraction of sp³-hybridized carbons (Fsp3) is 0.360. The monoisotopic (exact) mass is 407 g/mol. The third-order valence-corrected chi connectivity index (χ3v) is 5.78. The van der Waals surface area contributed by atoms with Crippen molar-refractivity contribution in [3.8, 4) is 5.75 Å². The maximum Gasteiger partial charge on any atom is 0.385 e. The predicted molar refractivity (Wildman–Crippen MR) is 119 cm³/mol. The largest absolute Gasteiger partial charge is 0.497 e. The number of nitrogens with one attached hydrogen (secondary N) is 1. The number of aliphatic hydroxyl groups is 1. The van der Waals surface area contributed by atoms with Crippen LogP contribution < -0.4 is 9.73 Å². The summed E-state index contributed by atoms with van der Waals surface area (Å²) in [5.41, 5.74) is 4.17. The molecule has 2 N–H and O–H groups in total. The lowest BCUT2D eigenvalue weighted by Crippen LogP contribution is -2.77. The van der Waals surface area contributed by atoms with Gasteiger partial charge in [-0.15, -0.1) is 4.99 Å². The van der Waals surface area contributed by atoms with Crippen molar-refractivity contribution in [3.05, 3.63) is 77.0 Å². The Balaban J connectivity index is 1.79. The maximum absolute atomic E-state index is 11.5. The Morgan fingerprint density at radius 3 is 2.43 bits per heavy atom. The number of piperidine rings is 1. The first-order chi connectivity index (χ1) is 14.5. The lowest BCUT2D eigenvalue weighted by molar-refractivity contribution is -0.383. The fourth-order valence-electron chi connectivity index (χ4n) is 4.06. The molecule has 2 aromatic carbocycles. The summed E-state index contributed by atoms with van der Waals surface area (Å²) < 4.78 is 5.37. The molecule has 1 aliphatic rings. The summed E-state index contributed by atoms with van der Waals surface area (Å²) in [6.07, 6.45) is 2.63.